The SMILES string of the molecule is Cc1cccc(-c2[nH]c(CNC3CCCCCC3)nc2-c2ccc3nc(C4CCCC(NCc5nc(-c6ccc7ncnn7c6)c(-c6cccc(C)n6)[nH]5)C4)nn3c2)n1. The number of aromatic amines is 2. The van der Waals surface area contributed by atoms with Crippen molar-refractivity contribution in [2.45, 2.75) is 109 Å². The lowest BCUT2D eigenvalue weighted by atomic mass is 9.85. The minimum atomic E-state index is 0.248. The number of rotatable bonds is 11. The van der Waals surface area contributed by atoms with E-state index in [9.17, 15) is 0 Å². The van der Waals surface area contributed by atoms with Crippen molar-refractivity contribution in [2.75, 3.05) is 0 Å². The first-order valence-electron chi connectivity index (χ1n) is 21.2. The maximum absolute atomic E-state index is 5.16. The smallest absolute Gasteiger partial charge is 0.155 e. The van der Waals surface area contributed by atoms with E-state index in [1.54, 1.807) is 10.8 Å². The average Bonchev–Trinajstić information content (AvgIpc) is 4.06. The van der Waals surface area contributed by atoms with Crippen molar-refractivity contribution in [3.8, 4) is 45.3 Å². The van der Waals surface area contributed by atoms with Crippen molar-refractivity contribution in [3.05, 3.63) is 108 Å². The van der Waals surface area contributed by atoms with Crippen LogP contribution in [0.2, 0.25) is 0 Å². The van der Waals surface area contributed by atoms with Crippen LogP contribution in [0.4, 0.5) is 0 Å². The Kier molecular flexibility index (Phi) is 10.2. The van der Waals surface area contributed by atoms with Crippen molar-refractivity contribution in [2.24, 2.45) is 0 Å². The Morgan fingerprint density at radius 1 is 0.610 bits per heavy atom. The van der Waals surface area contributed by atoms with Gasteiger partial charge in [-0.1, -0.05) is 44.2 Å². The number of nitrogens with zero attached hydrogens (tertiary/aromatic N) is 10. The van der Waals surface area contributed by atoms with Crippen molar-refractivity contribution in [1.29, 1.82) is 0 Å². The summed E-state index contributed by atoms with van der Waals surface area (Å²) in [5, 5.41) is 17.0. The Morgan fingerprint density at radius 2 is 1.22 bits per heavy atom. The van der Waals surface area contributed by atoms with Crippen LogP contribution < -0.4 is 10.6 Å². The molecule has 2 saturated carbocycles. The van der Waals surface area contributed by atoms with Gasteiger partial charge in [-0.05, 0) is 94.5 Å². The van der Waals surface area contributed by atoms with Gasteiger partial charge in [0, 0.05) is 52.9 Å². The molecular formula is C45H50N14. The fourth-order valence-corrected chi connectivity index (χ4v) is 8.91. The molecule has 0 bridgehead atoms. The molecule has 300 valence electrons. The first-order valence-corrected chi connectivity index (χ1v) is 21.2. The molecule has 0 spiro atoms. The highest BCUT2D eigenvalue weighted by molar-refractivity contribution is 5.78. The van der Waals surface area contributed by atoms with E-state index in [4.69, 9.17) is 30.0 Å². The van der Waals surface area contributed by atoms with Crippen molar-refractivity contribution in [3.63, 3.8) is 0 Å². The Morgan fingerprint density at radius 3 is 1.88 bits per heavy atom. The highest BCUT2D eigenvalue weighted by Gasteiger charge is 2.27. The molecule has 2 unspecified atom stereocenters. The third-order valence-corrected chi connectivity index (χ3v) is 12.0. The summed E-state index contributed by atoms with van der Waals surface area (Å²) < 4.78 is 3.70. The second kappa shape index (κ2) is 16.3. The molecule has 8 aromatic rings. The first-order chi connectivity index (χ1) is 29.0. The van der Waals surface area contributed by atoms with Crippen LogP contribution in [-0.2, 0) is 13.1 Å². The molecule has 2 fully saturated rings. The van der Waals surface area contributed by atoms with Gasteiger partial charge in [-0.2, -0.15) is 10.2 Å². The second-order valence-electron chi connectivity index (χ2n) is 16.3. The van der Waals surface area contributed by atoms with E-state index in [0.717, 1.165) is 111 Å². The fourth-order valence-electron chi connectivity index (χ4n) is 8.91. The summed E-state index contributed by atoms with van der Waals surface area (Å²) in [5.74, 6) is 2.92. The number of aromatic nitrogens is 12. The van der Waals surface area contributed by atoms with Gasteiger partial charge in [0.1, 0.15) is 18.0 Å². The molecule has 4 N–H and O–H groups in total. The summed E-state index contributed by atoms with van der Waals surface area (Å²) in [6.45, 7) is 5.33. The summed E-state index contributed by atoms with van der Waals surface area (Å²) in [5.41, 5.74) is 10.7. The summed E-state index contributed by atoms with van der Waals surface area (Å²) in [7, 11) is 0. The van der Waals surface area contributed by atoms with Crippen LogP contribution in [0.5, 0.6) is 0 Å². The molecule has 14 heteroatoms. The molecule has 2 atom stereocenters. The minimum Gasteiger partial charge on any atom is -0.339 e. The lowest BCUT2D eigenvalue weighted by Crippen LogP contribution is -2.33. The van der Waals surface area contributed by atoms with E-state index in [1.807, 2.05) is 61.0 Å². The summed E-state index contributed by atoms with van der Waals surface area (Å²) in [4.78, 5) is 36.6. The summed E-state index contributed by atoms with van der Waals surface area (Å²) in [6.07, 6.45) is 17.5. The quantitative estimate of drug-likeness (QED) is 0.0946. The molecule has 0 amide bonds. The Balaban J connectivity index is 0.866. The third kappa shape index (κ3) is 8.02. The van der Waals surface area contributed by atoms with Gasteiger partial charge in [-0.15, -0.1) is 0 Å². The van der Waals surface area contributed by atoms with Crippen LogP contribution >= 0.6 is 0 Å². The molecule has 10 rings (SSSR count). The average molecular weight is 787 g/mol. The van der Waals surface area contributed by atoms with Gasteiger partial charge in [0.05, 0.1) is 47.3 Å². The molecule has 0 aromatic carbocycles. The Bertz CT molecular complexity index is 2710. The summed E-state index contributed by atoms with van der Waals surface area (Å²) in [6, 6.07) is 21.2. The molecule has 0 saturated heterocycles. The molecule has 8 aromatic heterocycles. The zero-order chi connectivity index (χ0) is 39.7. The van der Waals surface area contributed by atoms with E-state index in [0.29, 0.717) is 25.2 Å². The van der Waals surface area contributed by atoms with Crippen LogP contribution in [0.3, 0.4) is 0 Å². The van der Waals surface area contributed by atoms with E-state index in [-0.39, 0.29) is 5.92 Å². The van der Waals surface area contributed by atoms with Crippen LogP contribution in [0.25, 0.3) is 56.6 Å². The molecule has 2 aliphatic carbocycles. The lowest BCUT2D eigenvalue weighted by Gasteiger charge is -2.28. The molecule has 0 aliphatic heterocycles. The monoisotopic (exact) mass is 786 g/mol. The van der Waals surface area contributed by atoms with Gasteiger partial charge >= 0.3 is 0 Å². The predicted molar refractivity (Wildman–Crippen MR) is 227 cm³/mol. The fraction of sp³-hybridized carbons (Fsp3) is 0.378. The number of imidazole rings is 2. The van der Waals surface area contributed by atoms with Gasteiger partial charge < -0.3 is 20.6 Å². The standard InChI is InChI=1S/C45H50N14/c1-28-10-7-16-35(50-28)43-41(31-18-20-39-48-27-49-58(39)25-31)53-38(55-43)24-47-34-15-9-12-30(22-34)45-56-40-21-19-32(26-59(40)57-45)42-44(36-17-8-11-29(2)51-36)54-37(52-42)23-46-33-13-5-3-4-6-14-33/h7-8,10-11,16-21,25-27,30,33-34,46-47H,3-6,9,12-15,22-24H2,1-2H3,(H,52,54)(H,53,55). The number of nitrogens with one attached hydrogen (secondary N) is 4. The van der Waals surface area contributed by atoms with Crippen LogP contribution in [0.15, 0.2) is 79.4 Å². The van der Waals surface area contributed by atoms with E-state index < -0.39 is 0 Å². The molecular weight excluding hydrogens is 737 g/mol. The Labute approximate surface area is 342 Å². The number of hydrogen-bond donors (Lipinski definition) is 4. The van der Waals surface area contributed by atoms with Crippen LogP contribution in [-0.4, -0.2) is 71.2 Å². The van der Waals surface area contributed by atoms with Gasteiger partial charge in [0.2, 0.25) is 0 Å². The number of pyridine rings is 4. The van der Waals surface area contributed by atoms with Crippen LogP contribution in [0, 0.1) is 13.8 Å². The third-order valence-electron chi connectivity index (χ3n) is 12.0. The highest BCUT2D eigenvalue weighted by atomic mass is 15.3. The van der Waals surface area contributed by atoms with Gasteiger partial charge in [-0.25, -0.2) is 29.0 Å². The van der Waals surface area contributed by atoms with Crippen molar-refractivity contribution >= 4 is 11.3 Å². The largest absolute Gasteiger partial charge is 0.339 e. The second-order valence-corrected chi connectivity index (χ2v) is 16.3. The van der Waals surface area contributed by atoms with E-state index in [2.05, 4.69) is 61.1 Å². The first kappa shape index (κ1) is 37.2. The molecule has 8 heterocycles. The minimum absolute atomic E-state index is 0.248. The lowest BCUT2D eigenvalue weighted by molar-refractivity contribution is 0.329. The molecule has 14 nitrogen and oxygen atoms in total. The van der Waals surface area contributed by atoms with Crippen LogP contribution in [0.1, 0.15) is 99.0 Å². The maximum atomic E-state index is 5.16. The van der Waals surface area contributed by atoms with E-state index in [1.165, 1.54) is 38.5 Å². The van der Waals surface area contributed by atoms with Crippen molar-refractivity contribution in [1.82, 2.24) is 69.7 Å². The van der Waals surface area contributed by atoms with Gasteiger partial charge in [-0.3, -0.25) is 9.97 Å². The van der Waals surface area contributed by atoms with E-state index >= 15 is 0 Å². The Hall–Kier alpha value is -6.12. The number of fused-ring (bicyclic) bond motifs is 2. The van der Waals surface area contributed by atoms with Gasteiger partial charge in [0.15, 0.2) is 17.1 Å². The summed E-state index contributed by atoms with van der Waals surface area (Å²) >= 11 is 0. The molecule has 2 aliphatic rings. The number of hydrogen-bond acceptors (Lipinski definition) is 10. The highest BCUT2D eigenvalue weighted by Crippen LogP contribution is 2.34. The zero-order valence-electron chi connectivity index (χ0n) is 33.7. The molecule has 59 heavy (non-hydrogen) atoms. The normalized spacial score (nSPS) is 17.9. The van der Waals surface area contributed by atoms with Gasteiger partial charge in [0.25, 0.3) is 0 Å². The number of aryl methyl sites for hydroxylation is 2. The maximum Gasteiger partial charge on any atom is 0.155 e. The molecule has 0 radical (unpaired) electrons. The van der Waals surface area contributed by atoms with Crippen molar-refractivity contribution < 1.29 is 0 Å². The zero-order valence-corrected chi connectivity index (χ0v) is 33.7. The topological polar surface area (TPSA) is 168 Å². The number of H-pyrrole nitrogens is 2. The predicted octanol–water partition coefficient (Wildman–Crippen LogP) is 7.92.